The van der Waals surface area contributed by atoms with Gasteiger partial charge in [0.2, 0.25) is 0 Å². The molecule has 0 aliphatic carbocycles. The van der Waals surface area contributed by atoms with Crippen molar-refractivity contribution in [3.8, 4) is 0 Å². The van der Waals surface area contributed by atoms with E-state index in [2.05, 4.69) is 11.5 Å². The third-order valence-electron chi connectivity index (χ3n) is 2.87. The van der Waals surface area contributed by atoms with Crippen molar-refractivity contribution in [1.29, 1.82) is 0 Å². The van der Waals surface area contributed by atoms with Crippen LogP contribution in [0, 0.1) is 0 Å². The van der Waals surface area contributed by atoms with E-state index < -0.39 is 0 Å². The molecule has 0 spiro atoms. The Balaban J connectivity index is 0.000000705. The van der Waals surface area contributed by atoms with Crippen molar-refractivity contribution in [2.24, 2.45) is 0 Å². The van der Waals surface area contributed by atoms with E-state index in [-0.39, 0.29) is 6.04 Å². The monoisotopic (exact) mass is 497 g/mol. The number of allylic oxidation sites excluding steroid dienone is 1. The van der Waals surface area contributed by atoms with Crippen LogP contribution in [0.1, 0.15) is 32.3 Å². The molecule has 1 unspecified atom stereocenters. The van der Waals surface area contributed by atoms with Crippen molar-refractivity contribution in [3.63, 3.8) is 0 Å². The summed E-state index contributed by atoms with van der Waals surface area (Å²) >= 11 is 1.72. The van der Waals surface area contributed by atoms with E-state index >= 15 is 0 Å². The number of aldehydes is 1. The quantitative estimate of drug-likeness (QED) is 0.504. The predicted molar refractivity (Wildman–Crippen MR) is 90.7 cm³/mol. The van der Waals surface area contributed by atoms with Crippen LogP contribution in [0.25, 0.3) is 0 Å². The Morgan fingerprint density at radius 1 is 1.39 bits per heavy atom. The molecule has 1 aliphatic heterocycles. The van der Waals surface area contributed by atoms with Gasteiger partial charge in [-0.3, -0.25) is 0 Å². The summed E-state index contributed by atoms with van der Waals surface area (Å²) in [5.74, 6) is 0. The van der Waals surface area contributed by atoms with Crippen LogP contribution in [0.4, 0.5) is 0 Å². The van der Waals surface area contributed by atoms with Gasteiger partial charge < -0.3 is 5.11 Å². The number of benzene rings is 1. The van der Waals surface area contributed by atoms with Gasteiger partial charge in [0.1, 0.15) is 0 Å². The van der Waals surface area contributed by atoms with Gasteiger partial charge in [0.15, 0.2) is 0 Å². The summed E-state index contributed by atoms with van der Waals surface area (Å²) in [6.07, 6.45) is 3.03. The first-order chi connectivity index (χ1) is 11.0. The van der Waals surface area contributed by atoms with Crippen LogP contribution in [-0.4, -0.2) is 40.4 Å². The van der Waals surface area contributed by atoms with E-state index in [0.29, 0.717) is 6.61 Å². The second-order valence-electron chi connectivity index (χ2n) is 5.26. The Hall–Kier alpha value is -0.984. The van der Waals surface area contributed by atoms with E-state index in [1.54, 1.807) is 18.1 Å². The van der Waals surface area contributed by atoms with Gasteiger partial charge in [-0.2, -0.15) is 0 Å². The molecule has 1 saturated heterocycles. The molecule has 130 valence electrons. The number of carbonyl (C=O) groups excluding carboxylic acids is 1. The number of ether oxygens (including phenoxy) is 1. The Kier molecular flexibility index (Phi) is 12.9. The number of rotatable bonds is 5. The number of aliphatic hydroxyl groups is 1. The molecule has 1 heterocycles. The second kappa shape index (κ2) is 13.5. The normalized spacial score (nSPS) is 16.5. The summed E-state index contributed by atoms with van der Waals surface area (Å²) in [4.78, 5) is 13.0. The van der Waals surface area contributed by atoms with E-state index in [1.807, 2.05) is 44.2 Å². The molecule has 1 N–H and O–H groups in total. The fraction of sp³-hybridized carbons (Fsp3) is 0.444. The zero-order valence-electron chi connectivity index (χ0n) is 14.1. The van der Waals surface area contributed by atoms with Crippen LogP contribution in [-0.2, 0) is 34.3 Å². The predicted octanol–water partition coefficient (Wildman–Crippen LogP) is 2.69. The van der Waals surface area contributed by atoms with Gasteiger partial charge in [0.05, 0.1) is 0 Å². The SMILES string of the molecule is C=C(C)C.CO.O=CC1CCCN1[C](=[Os])OCc1ccccc1. The van der Waals surface area contributed by atoms with E-state index in [1.165, 1.54) is 5.57 Å². The maximum atomic E-state index is 10.9. The Labute approximate surface area is 149 Å². The molecule has 4 nitrogen and oxygen atoms in total. The molecule has 1 atom stereocenters. The molecule has 0 aromatic heterocycles. The molecule has 23 heavy (non-hydrogen) atoms. The Morgan fingerprint density at radius 3 is 2.48 bits per heavy atom. The van der Waals surface area contributed by atoms with E-state index in [9.17, 15) is 4.79 Å². The molecule has 0 amide bonds. The third kappa shape index (κ3) is 9.68. The van der Waals surface area contributed by atoms with Crippen molar-refractivity contribution in [1.82, 2.24) is 4.90 Å². The molecule has 0 bridgehead atoms. The van der Waals surface area contributed by atoms with Crippen molar-refractivity contribution >= 4 is 10.7 Å². The number of aliphatic hydroxyl groups excluding tert-OH is 1. The summed E-state index contributed by atoms with van der Waals surface area (Å²) < 4.78 is 6.62. The van der Waals surface area contributed by atoms with Crippen molar-refractivity contribution in [2.45, 2.75) is 39.3 Å². The van der Waals surface area contributed by atoms with Gasteiger partial charge in [-0.15, -0.1) is 6.58 Å². The fourth-order valence-corrected chi connectivity index (χ4v) is 2.83. The van der Waals surface area contributed by atoms with Gasteiger partial charge in [-0.05, 0) is 13.8 Å². The zero-order valence-corrected chi connectivity index (χ0v) is 16.7. The fourth-order valence-electron chi connectivity index (χ4n) is 1.94. The van der Waals surface area contributed by atoms with Crippen LogP contribution >= 0.6 is 0 Å². The first kappa shape index (κ1) is 22.0. The third-order valence-corrected chi connectivity index (χ3v) is 3.97. The first-order valence-electron chi connectivity index (χ1n) is 7.51. The molecular formula is C18H27NO3Os. The Bertz CT molecular complexity index is 472. The summed E-state index contributed by atoms with van der Waals surface area (Å²) in [5, 5.41) is 7.00. The standard InChI is InChI=1S/C13H15NO2.C4H8.CH4O.Os/c15-9-13-7-4-8-14(13)11-16-10-12-5-2-1-3-6-12;1-4(2)3;1-2;/h1-3,5-6,9,13H,4,7-8,10H2;1H2,2-3H3;2H,1H3;. The Morgan fingerprint density at radius 2 is 1.96 bits per heavy atom. The van der Waals surface area contributed by atoms with Gasteiger partial charge in [0, 0.05) is 7.11 Å². The van der Waals surface area contributed by atoms with Crippen molar-refractivity contribution < 1.29 is 32.8 Å². The first-order valence-corrected chi connectivity index (χ1v) is 8.78. The summed E-state index contributed by atoms with van der Waals surface area (Å²) in [7, 11) is 1.00. The average molecular weight is 496 g/mol. The van der Waals surface area contributed by atoms with E-state index in [4.69, 9.17) is 9.84 Å². The number of carbonyl (C=O) groups is 1. The molecule has 1 aliphatic rings. The number of hydrogen-bond acceptors (Lipinski definition) is 4. The van der Waals surface area contributed by atoms with Crippen LogP contribution in [0.15, 0.2) is 42.5 Å². The second-order valence-corrected chi connectivity index (χ2v) is 6.35. The molecule has 2 rings (SSSR count). The molecule has 1 aromatic rings. The van der Waals surface area contributed by atoms with Gasteiger partial charge in [-0.25, -0.2) is 0 Å². The van der Waals surface area contributed by atoms with Gasteiger partial charge >= 0.3 is 111 Å². The van der Waals surface area contributed by atoms with Gasteiger partial charge in [-0.1, -0.05) is 5.57 Å². The summed E-state index contributed by atoms with van der Waals surface area (Å²) in [6, 6.07) is 10.1. The van der Waals surface area contributed by atoms with Gasteiger partial charge in [0.25, 0.3) is 0 Å². The molecule has 5 heteroatoms. The number of hydrogen-bond donors (Lipinski definition) is 1. The summed E-state index contributed by atoms with van der Waals surface area (Å²) in [6.45, 7) is 9.00. The minimum atomic E-state index is 0.0123. The number of likely N-dealkylation sites (tertiary alicyclic amines) is 1. The zero-order chi connectivity index (χ0) is 17.7. The topological polar surface area (TPSA) is 49.8 Å². The maximum absolute atomic E-state index is 10.9. The van der Waals surface area contributed by atoms with Crippen molar-refractivity contribution in [2.75, 3.05) is 13.7 Å². The molecule has 1 aromatic carbocycles. The molecule has 0 saturated carbocycles. The average Bonchev–Trinajstić information content (AvgIpc) is 3.04. The van der Waals surface area contributed by atoms with Crippen LogP contribution in [0.2, 0.25) is 0 Å². The molecular weight excluding hydrogens is 468 g/mol. The minimum absolute atomic E-state index is 0.0123. The molecule has 1 fully saturated rings. The van der Waals surface area contributed by atoms with Crippen LogP contribution in [0.5, 0.6) is 0 Å². The molecule has 0 radical (unpaired) electrons. The van der Waals surface area contributed by atoms with Crippen LogP contribution in [0.3, 0.4) is 0 Å². The van der Waals surface area contributed by atoms with E-state index in [0.717, 1.165) is 42.7 Å². The van der Waals surface area contributed by atoms with Crippen LogP contribution < -0.4 is 0 Å². The number of nitrogens with zero attached hydrogens (tertiary/aromatic N) is 1. The summed E-state index contributed by atoms with van der Waals surface area (Å²) in [5.41, 5.74) is 2.32. The van der Waals surface area contributed by atoms with Crippen molar-refractivity contribution in [3.05, 3.63) is 48.0 Å².